The van der Waals surface area contributed by atoms with Crippen molar-refractivity contribution in [1.29, 1.82) is 0 Å². The standard InChI is InChI=1S/C20H34N2O/c1-16-8-6-7-9-18(16)15-22-12-10-19(11-13-22)21-17(2)14-20(3,4)23-5/h6-9,17,19,21H,10-15H2,1-5H3. The fourth-order valence-corrected chi connectivity index (χ4v) is 3.57. The topological polar surface area (TPSA) is 24.5 Å². The molecule has 3 nitrogen and oxygen atoms in total. The van der Waals surface area contributed by atoms with Crippen LogP contribution in [0.25, 0.3) is 0 Å². The molecular weight excluding hydrogens is 284 g/mol. The number of benzene rings is 1. The number of hydrogen-bond acceptors (Lipinski definition) is 3. The van der Waals surface area contributed by atoms with Gasteiger partial charge in [-0.15, -0.1) is 0 Å². The maximum Gasteiger partial charge on any atom is 0.0637 e. The van der Waals surface area contributed by atoms with Crippen LogP contribution in [0.15, 0.2) is 24.3 Å². The lowest BCUT2D eigenvalue weighted by molar-refractivity contribution is 0.00686. The summed E-state index contributed by atoms with van der Waals surface area (Å²) >= 11 is 0. The molecule has 1 aromatic carbocycles. The van der Waals surface area contributed by atoms with Crippen molar-refractivity contribution in [3.63, 3.8) is 0 Å². The minimum atomic E-state index is -0.0437. The van der Waals surface area contributed by atoms with Gasteiger partial charge in [0.2, 0.25) is 0 Å². The summed E-state index contributed by atoms with van der Waals surface area (Å²) in [6.07, 6.45) is 3.53. The molecule has 2 rings (SSSR count). The lowest BCUT2D eigenvalue weighted by Crippen LogP contribution is -2.47. The highest BCUT2D eigenvalue weighted by molar-refractivity contribution is 5.25. The van der Waals surface area contributed by atoms with Gasteiger partial charge in [0.15, 0.2) is 0 Å². The molecule has 1 aliphatic heterocycles. The van der Waals surface area contributed by atoms with E-state index in [4.69, 9.17) is 4.74 Å². The van der Waals surface area contributed by atoms with Crippen molar-refractivity contribution in [3.05, 3.63) is 35.4 Å². The van der Waals surface area contributed by atoms with Gasteiger partial charge in [-0.25, -0.2) is 0 Å². The van der Waals surface area contributed by atoms with Crippen molar-refractivity contribution in [2.75, 3.05) is 20.2 Å². The lowest BCUT2D eigenvalue weighted by Gasteiger charge is -2.35. The number of methoxy groups -OCH3 is 1. The Morgan fingerprint density at radius 3 is 2.52 bits per heavy atom. The molecule has 23 heavy (non-hydrogen) atoms. The number of likely N-dealkylation sites (tertiary alicyclic amines) is 1. The summed E-state index contributed by atoms with van der Waals surface area (Å²) in [5.74, 6) is 0. The van der Waals surface area contributed by atoms with E-state index in [1.165, 1.54) is 37.1 Å². The van der Waals surface area contributed by atoms with Gasteiger partial charge < -0.3 is 10.1 Å². The fourth-order valence-electron chi connectivity index (χ4n) is 3.57. The molecule has 130 valence electrons. The predicted octanol–water partition coefficient (Wildman–Crippen LogP) is 3.75. The number of nitrogens with one attached hydrogen (secondary N) is 1. The van der Waals surface area contributed by atoms with E-state index in [-0.39, 0.29) is 5.60 Å². The zero-order valence-electron chi connectivity index (χ0n) is 15.6. The highest BCUT2D eigenvalue weighted by atomic mass is 16.5. The predicted molar refractivity (Wildman–Crippen MR) is 97.8 cm³/mol. The quantitative estimate of drug-likeness (QED) is 0.828. The molecular formula is C20H34N2O. The Morgan fingerprint density at radius 2 is 1.91 bits per heavy atom. The summed E-state index contributed by atoms with van der Waals surface area (Å²) in [6, 6.07) is 9.88. The van der Waals surface area contributed by atoms with E-state index in [1.807, 2.05) is 0 Å². The number of ether oxygens (including phenoxy) is 1. The second-order valence-corrected chi connectivity index (χ2v) is 7.71. The first kappa shape index (κ1) is 18.4. The van der Waals surface area contributed by atoms with E-state index in [9.17, 15) is 0 Å². The Balaban J connectivity index is 1.75. The van der Waals surface area contributed by atoms with E-state index in [0.717, 1.165) is 13.0 Å². The minimum absolute atomic E-state index is 0.0437. The van der Waals surface area contributed by atoms with Gasteiger partial charge in [0.25, 0.3) is 0 Å². The van der Waals surface area contributed by atoms with Crippen molar-refractivity contribution >= 4 is 0 Å². The van der Waals surface area contributed by atoms with Gasteiger partial charge in [0.05, 0.1) is 5.60 Å². The molecule has 0 bridgehead atoms. The molecule has 0 aromatic heterocycles. The van der Waals surface area contributed by atoms with Crippen molar-refractivity contribution in [3.8, 4) is 0 Å². The van der Waals surface area contributed by atoms with Gasteiger partial charge in [-0.05, 0) is 71.2 Å². The van der Waals surface area contributed by atoms with Gasteiger partial charge in [-0.2, -0.15) is 0 Å². The van der Waals surface area contributed by atoms with Crippen LogP contribution in [0.3, 0.4) is 0 Å². The smallest absolute Gasteiger partial charge is 0.0637 e. The van der Waals surface area contributed by atoms with Crippen molar-refractivity contribution < 1.29 is 4.74 Å². The highest BCUT2D eigenvalue weighted by Gasteiger charge is 2.24. The summed E-state index contributed by atoms with van der Waals surface area (Å²) in [4.78, 5) is 2.59. The molecule has 0 amide bonds. The Labute approximate surface area is 142 Å². The molecule has 3 heteroatoms. The number of nitrogens with zero attached hydrogens (tertiary/aromatic N) is 1. The van der Waals surface area contributed by atoms with E-state index in [2.05, 4.69) is 62.2 Å². The third-order valence-electron chi connectivity index (χ3n) is 5.11. The molecule has 1 atom stereocenters. The largest absolute Gasteiger partial charge is 0.379 e. The summed E-state index contributed by atoms with van der Waals surface area (Å²) in [6.45, 7) is 12.3. The zero-order chi connectivity index (χ0) is 16.9. The number of rotatable bonds is 7. The third-order valence-corrected chi connectivity index (χ3v) is 5.11. The molecule has 1 N–H and O–H groups in total. The Morgan fingerprint density at radius 1 is 1.26 bits per heavy atom. The molecule has 1 aromatic rings. The average Bonchev–Trinajstić information content (AvgIpc) is 2.51. The highest BCUT2D eigenvalue weighted by Crippen LogP contribution is 2.19. The fraction of sp³-hybridized carbons (Fsp3) is 0.700. The van der Waals surface area contributed by atoms with Gasteiger partial charge in [0, 0.05) is 25.7 Å². The lowest BCUT2D eigenvalue weighted by atomic mass is 9.97. The van der Waals surface area contributed by atoms with E-state index < -0.39 is 0 Å². The van der Waals surface area contributed by atoms with Gasteiger partial charge in [-0.3, -0.25) is 4.90 Å². The first-order valence-electron chi connectivity index (χ1n) is 8.97. The van der Waals surface area contributed by atoms with Crippen LogP contribution in [-0.2, 0) is 11.3 Å². The Hall–Kier alpha value is -0.900. The second kappa shape index (κ2) is 8.27. The molecule has 0 spiro atoms. The average molecular weight is 319 g/mol. The van der Waals surface area contributed by atoms with Crippen LogP contribution in [0.5, 0.6) is 0 Å². The van der Waals surface area contributed by atoms with Crippen LogP contribution in [0.1, 0.15) is 51.2 Å². The number of hydrogen-bond donors (Lipinski definition) is 1. The second-order valence-electron chi connectivity index (χ2n) is 7.71. The van der Waals surface area contributed by atoms with Gasteiger partial charge in [-0.1, -0.05) is 24.3 Å². The monoisotopic (exact) mass is 318 g/mol. The van der Waals surface area contributed by atoms with Crippen LogP contribution in [0.4, 0.5) is 0 Å². The van der Waals surface area contributed by atoms with Crippen molar-refractivity contribution in [2.24, 2.45) is 0 Å². The molecule has 1 aliphatic rings. The molecule has 1 heterocycles. The minimum Gasteiger partial charge on any atom is -0.379 e. The Kier molecular flexibility index (Phi) is 6.63. The first-order chi connectivity index (χ1) is 10.9. The zero-order valence-corrected chi connectivity index (χ0v) is 15.6. The van der Waals surface area contributed by atoms with Gasteiger partial charge >= 0.3 is 0 Å². The van der Waals surface area contributed by atoms with Crippen LogP contribution >= 0.6 is 0 Å². The Bertz CT molecular complexity index is 478. The summed E-state index contributed by atoms with van der Waals surface area (Å²) in [5.41, 5.74) is 2.83. The molecule has 1 fully saturated rings. The molecule has 0 radical (unpaired) electrons. The van der Waals surface area contributed by atoms with Crippen LogP contribution < -0.4 is 5.32 Å². The molecule has 1 saturated heterocycles. The van der Waals surface area contributed by atoms with Gasteiger partial charge in [0.1, 0.15) is 0 Å². The SMILES string of the molecule is COC(C)(C)CC(C)NC1CCN(Cc2ccccc2C)CC1. The number of aryl methyl sites for hydroxylation is 1. The summed E-state index contributed by atoms with van der Waals surface area (Å²) < 4.78 is 5.54. The maximum atomic E-state index is 5.54. The molecule has 0 saturated carbocycles. The third kappa shape index (κ3) is 5.91. The summed E-state index contributed by atoms with van der Waals surface area (Å²) in [5, 5.41) is 3.80. The molecule has 0 aliphatic carbocycles. The number of piperidine rings is 1. The van der Waals surface area contributed by atoms with Crippen LogP contribution in [-0.4, -0.2) is 42.8 Å². The van der Waals surface area contributed by atoms with Crippen molar-refractivity contribution in [1.82, 2.24) is 10.2 Å². The van der Waals surface area contributed by atoms with Crippen LogP contribution in [0.2, 0.25) is 0 Å². The normalized spacial score (nSPS) is 19.0. The first-order valence-corrected chi connectivity index (χ1v) is 8.97. The maximum absolute atomic E-state index is 5.54. The van der Waals surface area contributed by atoms with E-state index >= 15 is 0 Å². The van der Waals surface area contributed by atoms with Crippen LogP contribution in [0, 0.1) is 6.92 Å². The summed E-state index contributed by atoms with van der Waals surface area (Å²) in [7, 11) is 1.80. The molecule has 1 unspecified atom stereocenters. The van der Waals surface area contributed by atoms with E-state index in [1.54, 1.807) is 7.11 Å². The van der Waals surface area contributed by atoms with E-state index in [0.29, 0.717) is 12.1 Å². The van der Waals surface area contributed by atoms with Crippen molar-refractivity contribution in [2.45, 2.75) is 71.2 Å².